The highest BCUT2D eigenvalue weighted by Gasteiger charge is 2.34. The van der Waals surface area contributed by atoms with Gasteiger partial charge in [-0.25, -0.2) is 0 Å². The molecular weight excluding hydrogens is 258 g/mol. The van der Waals surface area contributed by atoms with Crippen LogP contribution >= 0.6 is 0 Å². The highest BCUT2D eigenvalue weighted by molar-refractivity contribution is 5.81. The molecule has 0 aromatic heterocycles. The Balaban J connectivity index is 1.95. The standard InChI is InChI=1S/C15H19NO4/c17-9-13(10-4-2-1-3-5-10)16-14(18)11-6-7-12(8-11)15(19)20/h1-5,11-13,17H,6-9H2,(H,16,18)(H,19,20)/t11-,12+,13?/m1/s1. The molecular formula is C15H19NO4. The van der Waals surface area contributed by atoms with E-state index in [1.807, 2.05) is 30.3 Å². The predicted molar refractivity (Wildman–Crippen MR) is 72.9 cm³/mol. The molecule has 3 N–H and O–H groups in total. The van der Waals surface area contributed by atoms with Gasteiger partial charge in [-0.2, -0.15) is 0 Å². The van der Waals surface area contributed by atoms with Crippen LogP contribution in [0.15, 0.2) is 30.3 Å². The van der Waals surface area contributed by atoms with Crippen molar-refractivity contribution in [2.24, 2.45) is 11.8 Å². The summed E-state index contributed by atoms with van der Waals surface area (Å²) in [7, 11) is 0. The molecule has 20 heavy (non-hydrogen) atoms. The lowest BCUT2D eigenvalue weighted by Gasteiger charge is -2.19. The average Bonchev–Trinajstić information content (AvgIpc) is 2.95. The summed E-state index contributed by atoms with van der Waals surface area (Å²) in [5.74, 6) is -1.69. The molecule has 0 radical (unpaired) electrons. The Morgan fingerprint density at radius 1 is 1.20 bits per heavy atom. The summed E-state index contributed by atoms with van der Waals surface area (Å²) in [6, 6.07) is 8.81. The fourth-order valence-corrected chi connectivity index (χ4v) is 2.65. The van der Waals surface area contributed by atoms with Crippen molar-refractivity contribution in [3.05, 3.63) is 35.9 Å². The molecule has 0 aliphatic heterocycles. The van der Waals surface area contributed by atoms with E-state index in [2.05, 4.69) is 5.32 Å². The SMILES string of the molecule is O=C(O)[C@H]1CC[C@@H](C(=O)NC(CO)c2ccccc2)C1. The minimum atomic E-state index is -0.831. The van der Waals surface area contributed by atoms with E-state index in [1.165, 1.54) is 0 Å². The number of hydrogen-bond donors (Lipinski definition) is 3. The van der Waals surface area contributed by atoms with Gasteiger partial charge in [-0.15, -0.1) is 0 Å². The van der Waals surface area contributed by atoms with Crippen molar-refractivity contribution in [3.63, 3.8) is 0 Å². The molecule has 5 heteroatoms. The fourth-order valence-electron chi connectivity index (χ4n) is 2.65. The third kappa shape index (κ3) is 3.36. The summed E-state index contributed by atoms with van der Waals surface area (Å²) in [5, 5.41) is 21.2. The lowest BCUT2D eigenvalue weighted by atomic mass is 10.0. The highest BCUT2D eigenvalue weighted by atomic mass is 16.4. The number of hydrogen-bond acceptors (Lipinski definition) is 3. The Bertz CT molecular complexity index is 474. The minimum Gasteiger partial charge on any atom is -0.481 e. The largest absolute Gasteiger partial charge is 0.481 e. The van der Waals surface area contributed by atoms with Gasteiger partial charge in [-0.3, -0.25) is 9.59 Å². The summed E-state index contributed by atoms with van der Waals surface area (Å²) >= 11 is 0. The molecule has 0 bridgehead atoms. The van der Waals surface area contributed by atoms with E-state index >= 15 is 0 Å². The molecule has 1 aliphatic carbocycles. The van der Waals surface area contributed by atoms with Gasteiger partial charge < -0.3 is 15.5 Å². The van der Waals surface area contributed by atoms with Crippen LogP contribution in [0.3, 0.4) is 0 Å². The molecule has 2 rings (SSSR count). The van der Waals surface area contributed by atoms with E-state index in [4.69, 9.17) is 5.11 Å². The minimum absolute atomic E-state index is 0.170. The van der Waals surface area contributed by atoms with Gasteiger partial charge >= 0.3 is 5.97 Å². The zero-order chi connectivity index (χ0) is 14.5. The average molecular weight is 277 g/mol. The first-order chi connectivity index (χ1) is 9.61. The van der Waals surface area contributed by atoms with Crippen molar-refractivity contribution < 1.29 is 19.8 Å². The molecule has 1 unspecified atom stereocenters. The Hall–Kier alpha value is -1.88. The van der Waals surface area contributed by atoms with Crippen LogP contribution in [0.5, 0.6) is 0 Å². The third-order valence-electron chi connectivity index (χ3n) is 3.85. The first-order valence-electron chi connectivity index (χ1n) is 6.80. The van der Waals surface area contributed by atoms with Gasteiger partial charge in [0.05, 0.1) is 18.6 Å². The van der Waals surface area contributed by atoms with Gasteiger partial charge in [0.25, 0.3) is 0 Å². The summed E-state index contributed by atoms with van der Waals surface area (Å²) in [4.78, 5) is 23.0. The van der Waals surface area contributed by atoms with E-state index in [0.29, 0.717) is 19.3 Å². The number of nitrogens with one attached hydrogen (secondary N) is 1. The van der Waals surface area contributed by atoms with Crippen LogP contribution in [-0.4, -0.2) is 28.7 Å². The van der Waals surface area contributed by atoms with Gasteiger partial charge in [0, 0.05) is 5.92 Å². The second-order valence-electron chi connectivity index (χ2n) is 5.20. The topological polar surface area (TPSA) is 86.6 Å². The van der Waals surface area contributed by atoms with Crippen LogP contribution in [0.1, 0.15) is 30.9 Å². The quantitative estimate of drug-likeness (QED) is 0.758. The Labute approximate surface area is 117 Å². The molecule has 5 nitrogen and oxygen atoms in total. The first kappa shape index (κ1) is 14.5. The van der Waals surface area contributed by atoms with E-state index in [1.54, 1.807) is 0 Å². The molecule has 1 aromatic rings. The number of carbonyl (C=O) groups is 2. The zero-order valence-corrected chi connectivity index (χ0v) is 11.2. The summed E-state index contributed by atoms with van der Waals surface area (Å²) in [6.45, 7) is -0.176. The number of carboxylic acids is 1. The molecule has 1 aromatic carbocycles. The second-order valence-corrected chi connectivity index (χ2v) is 5.20. The normalized spacial score (nSPS) is 23.2. The number of carboxylic acid groups (broad SMARTS) is 1. The van der Waals surface area contributed by atoms with Crippen LogP contribution in [0, 0.1) is 11.8 Å². The van der Waals surface area contributed by atoms with Gasteiger partial charge in [-0.1, -0.05) is 30.3 Å². The summed E-state index contributed by atoms with van der Waals surface area (Å²) < 4.78 is 0. The number of amides is 1. The molecule has 1 fully saturated rings. The van der Waals surface area contributed by atoms with E-state index in [0.717, 1.165) is 5.56 Å². The molecule has 108 valence electrons. The molecule has 3 atom stereocenters. The van der Waals surface area contributed by atoms with Crippen molar-refractivity contribution in [3.8, 4) is 0 Å². The smallest absolute Gasteiger partial charge is 0.306 e. The monoisotopic (exact) mass is 277 g/mol. The van der Waals surface area contributed by atoms with Crippen molar-refractivity contribution in [1.82, 2.24) is 5.32 Å². The second kappa shape index (κ2) is 6.52. The molecule has 0 spiro atoms. The van der Waals surface area contributed by atoms with Crippen molar-refractivity contribution >= 4 is 11.9 Å². The maximum absolute atomic E-state index is 12.1. The Morgan fingerprint density at radius 3 is 2.40 bits per heavy atom. The number of aliphatic carboxylic acids is 1. The van der Waals surface area contributed by atoms with Crippen LogP contribution in [0.4, 0.5) is 0 Å². The van der Waals surface area contributed by atoms with Gasteiger partial charge in [0.2, 0.25) is 5.91 Å². The molecule has 1 aliphatic rings. The van der Waals surface area contributed by atoms with Gasteiger partial charge in [0.1, 0.15) is 0 Å². The summed E-state index contributed by atoms with van der Waals surface area (Å²) in [6.07, 6.45) is 1.52. The van der Waals surface area contributed by atoms with E-state index < -0.39 is 17.9 Å². The van der Waals surface area contributed by atoms with Crippen LogP contribution in [-0.2, 0) is 9.59 Å². The fraction of sp³-hybridized carbons (Fsp3) is 0.467. The van der Waals surface area contributed by atoms with Gasteiger partial charge in [0.15, 0.2) is 0 Å². The van der Waals surface area contributed by atoms with E-state index in [9.17, 15) is 14.7 Å². The van der Waals surface area contributed by atoms with Gasteiger partial charge in [-0.05, 0) is 24.8 Å². The molecule has 0 saturated heterocycles. The molecule has 1 amide bonds. The number of aliphatic hydroxyl groups excluding tert-OH is 1. The lowest BCUT2D eigenvalue weighted by molar-refractivity contribution is -0.141. The predicted octanol–water partition coefficient (Wildman–Crippen LogP) is 1.34. The number of aliphatic hydroxyl groups is 1. The number of benzene rings is 1. The maximum Gasteiger partial charge on any atom is 0.306 e. The Morgan fingerprint density at radius 2 is 1.85 bits per heavy atom. The van der Waals surface area contributed by atoms with Crippen molar-refractivity contribution in [2.45, 2.75) is 25.3 Å². The molecule has 1 saturated carbocycles. The van der Waals surface area contributed by atoms with Crippen molar-refractivity contribution in [1.29, 1.82) is 0 Å². The van der Waals surface area contributed by atoms with Crippen molar-refractivity contribution in [2.75, 3.05) is 6.61 Å². The third-order valence-corrected chi connectivity index (χ3v) is 3.85. The summed E-state index contributed by atoms with van der Waals surface area (Å²) in [5.41, 5.74) is 0.844. The first-order valence-corrected chi connectivity index (χ1v) is 6.80. The van der Waals surface area contributed by atoms with Crippen LogP contribution < -0.4 is 5.32 Å². The number of rotatable bonds is 5. The highest BCUT2D eigenvalue weighted by Crippen LogP contribution is 2.31. The van der Waals surface area contributed by atoms with Crippen LogP contribution in [0.2, 0.25) is 0 Å². The lowest BCUT2D eigenvalue weighted by Crippen LogP contribution is -2.35. The zero-order valence-electron chi connectivity index (χ0n) is 11.2. The maximum atomic E-state index is 12.1. The molecule has 0 heterocycles. The Kier molecular flexibility index (Phi) is 4.74. The van der Waals surface area contributed by atoms with Crippen LogP contribution in [0.25, 0.3) is 0 Å². The van der Waals surface area contributed by atoms with E-state index in [-0.39, 0.29) is 18.4 Å². The number of carbonyl (C=O) groups excluding carboxylic acids is 1.